The molecule has 0 fully saturated rings. The number of hydrogen-bond acceptors (Lipinski definition) is 6. The summed E-state index contributed by atoms with van der Waals surface area (Å²) >= 11 is 3.21. The topological polar surface area (TPSA) is 58.0 Å². The van der Waals surface area contributed by atoms with Gasteiger partial charge in [-0.05, 0) is 36.8 Å². The Balaban J connectivity index is 1.89. The minimum atomic E-state index is -0.524. The van der Waals surface area contributed by atoms with E-state index in [0.717, 1.165) is 27.3 Å². The van der Waals surface area contributed by atoms with Crippen LogP contribution in [0.1, 0.15) is 6.42 Å². The SMILES string of the molecule is CNc1ccc(-c2nc3ccc(SCCCO)cc3s2)nc1F. The molecule has 23 heavy (non-hydrogen) atoms. The molecular formula is C16H16FN3OS2. The number of benzene rings is 1. The number of hydrogen-bond donors (Lipinski definition) is 2. The summed E-state index contributed by atoms with van der Waals surface area (Å²) in [7, 11) is 1.66. The van der Waals surface area contributed by atoms with Crippen LogP contribution in [0.5, 0.6) is 0 Å². The number of nitrogens with zero attached hydrogens (tertiary/aromatic N) is 2. The molecule has 0 atom stereocenters. The molecule has 3 rings (SSSR count). The number of anilines is 1. The van der Waals surface area contributed by atoms with Gasteiger partial charge in [-0.3, -0.25) is 0 Å². The van der Waals surface area contributed by atoms with E-state index in [1.807, 2.05) is 12.1 Å². The van der Waals surface area contributed by atoms with Gasteiger partial charge in [-0.15, -0.1) is 23.1 Å². The van der Waals surface area contributed by atoms with Gasteiger partial charge in [0.1, 0.15) is 10.7 Å². The maximum absolute atomic E-state index is 13.8. The normalized spacial score (nSPS) is 11.1. The Labute approximate surface area is 141 Å². The van der Waals surface area contributed by atoms with E-state index in [2.05, 4.69) is 21.4 Å². The summed E-state index contributed by atoms with van der Waals surface area (Å²) in [6, 6.07) is 9.50. The van der Waals surface area contributed by atoms with Crippen LogP contribution in [0.3, 0.4) is 0 Å². The molecule has 0 amide bonds. The van der Waals surface area contributed by atoms with Gasteiger partial charge in [-0.25, -0.2) is 9.97 Å². The summed E-state index contributed by atoms with van der Waals surface area (Å²) in [4.78, 5) is 9.66. The van der Waals surface area contributed by atoms with Crippen molar-refractivity contribution in [3.05, 3.63) is 36.3 Å². The van der Waals surface area contributed by atoms with E-state index in [1.165, 1.54) is 11.3 Å². The molecule has 0 unspecified atom stereocenters. The van der Waals surface area contributed by atoms with Gasteiger partial charge >= 0.3 is 0 Å². The number of thiazole rings is 1. The molecule has 0 bridgehead atoms. The van der Waals surface area contributed by atoms with Crippen LogP contribution in [0, 0.1) is 5.95 Å². The lowest BCUT2D eigenvalue weighted by atomic mass is 10.3. The third kappa shape index (κ3) is 3.63. The molecule has 0 saturated heterocycles. The van der Waals surface area contributed by atoms with Gasteiger partial charge in [0.2, 0.25) is 5.95 Å². The lowest BCUT2D eigenvalue weighted by molar-refractivity contribution is 0.296. The van der Waals surface area contributed by atoms with Crippen LogP contribution >= 0.6 is 23.1 Å². The van der Waals surface area contributed by atoms with Crippen molar-refractivity contribution in [2.75, 3.05) is 24.7 Å². The highest BCUT2D eigenvalue weighted by atomic mass is 32.2. The summed E-state index contributed by atoms with van der Waals surface area (Å²) in [5.74, 6) is 0.357. The maximum Gasteiger partial charge on any atom is 0.236 e. The fourth-order valence-electron chi connectivity index (χ4n) is 2.10. The molecule has 0 aliphatic rings. The Bertz CT molecular complexity index is 822. The zero-order chi connectivity index (χ0) is 16.2. The predicted octanol–water partition coefficient (Wildman–Crippen LogP) is 4.01. The Kier molecular flexibility index (Phi) is 5.09. The first-order chi connectivity index (χ1) is 11.2. The second kappa shape index (κ2) is 7.25. The number of halogens is 1. The molecule has 3 aromatic rings. The van der Waals surface area contributed by atoms with Crippen LogP contribution in [0.2, 0.25) is 0 Å². The molecule has 1 aromatic carbocycles. The zero-order valence-corrected chi connectivity index (χ0v) is 14.2. The van der Waals surface area contributed by atoms with E-state index in [4.69, 9.17) is 5.11 Å². The van der Waals surface area contributed by atoms with Crippen molar-refractivity contribution in [3.8, 4) is 10.7 Å². The molecule has 0 spiro atoms. The lowest BCUT2D eigenvalue weighted by Crippen LogP contribution is -1.96. The molecule has 120 valence electrons. The van der Waals surface area contributed by atoms with Gasteiger partial charge in [0, 0.05) is 24.3 Å². The second-order valence-corrected chi connectivity index (χ2v) is 7.06. The van der Waals surface area contributed by atoms with Crippen molar-refractivity contribution < 1.29 is 9.50 Å². The fraction of sp³-hybridized carbons (Fsp3) is 0.250. The zero-order valence-electron chi connectivity index (χ0n) is 12.5. The summed E-state index contributed by atoms with van der Waals surface area (Å²) in [5.41, 5.74) is 1.80. The third-order valence-corrected chi connectivity index (χ3v) is 5.39. The monoisotopic (exact) mass is 349 g/mol. The van der Waals surface area contributed by atoms with Crippen molar-refractivity contribution in [2.24, 2.45) is 0 Å². The molecule has 0 radical (unpaired) electrons. The van der Waals surface area contributed by atoms with E-state index in [0.29, 0.717) is 16.4 Å². The molecule has 7 heteroatoms. The Morgan fingerprint density at radius 2 is 2.13 bits per heavy atom. The van der Waals surface area contributed by atoms with Crippen molar-refractivity contribution >= 4 is 39.0 Å². The smallest absolute Gasteiger partial charge is 0.236 e. The lowest BCUT2D eigenvalue weighted by Gasteiger charge is -2.01. The molecule has 0 saturated carbocycles. The fourth-order valence-corrected chi connectivity index (χ4v) is 4.02. The van der Waals surface area contributed by atoms with Crippen LogP contribution in [0.25, 0.3) is 20.9 Å². The first-order valence-electron chi connectivity index (χ1n) is 7.20. The third-order valence-electron chi connectivity index (χ3n) is 3.27. The van der Waals surface area contributed by atoms with Gasteiger partial charge in [0.05, 0.1) is 15.9 Å². The number of aliphatic hydroxyl groups excluding tert-OH is 1. The van der Waals surface area contributed by atoms with E-state index in [1.54, 1.807) is 30.9 Å². The molecule has 2 N–H and O–H groups in total. The Hall–Kier alpha value is -1.70. The second-order valence-electron chi connectivity index (χ2n) is 4.86. The largest absolute Gasteiger partial charge is 0.396 e. The number of thioether (sulfide) groups is 1. The summed E-state index contributed by atoms with van der Waals surface area (Å²) < 4.78 is 14.9. The van der Waals surface area contributed by atoms with Crippen LogP contribution in [0.4, 0.5) is 10.1 Å². The minimum Gasteiger partial charge on any atom is -0.396 e. The van der Waals surface area contributed by atoms with Crippen LogP contribution < -0.4 is 5.32 Å². The molecule has 0 aliphatic heterocycles. The summed E-state index contributed by atoms with van der Waals surface area (Å²) in [6.07, 6.45) is 0.775. The molecule has 4 nitrogen and oxygen atoms in total. The summed E-state index contributed by atoms with van der Waals surface area (Å²) in [5, 5.41) is 12.3. The number of fused-ring (bicyclic) bond motifs is 1. The number of rotatable bonds is 6. The van der Waals surface area contributed by atoms with E-state index >= 15 is 0 Å². The van der Waals surface area contributed by atoms with Crippen LogP contribution in [0.15, 0.2) is 35.2 Å². The quantitative estimate of drug-likeness (QED) is 0.400. The maximum atomic E-state index is 13.8. The van der Waals surface area contributed by atoms with Crippen LogP contribution in [-0.2, 0) is 0 Å². The summed E-state index contributed by atoms with van der Waals surface area (Å²) in [6.45, 7) is 0.208. The van der Waals surface area contributed by atoms with Crippen molar-refractivity contribution in [2.45, 2.75) is 11.3 Å². The first kappa shape index (κ1) is 16.2. The standard InChI is InChI=1S/C16H16FN3OS2/c1-18-12-5-6-13(19-15(12)17)16-20-11-4-3-10(9-14(11)23-16)22-8-2-7-21/h3-6,9,18,21H,2,7-8H2,1H3. The Morgan fingerprint density at radius 1 is 1.26 bits per heavy atom. The number of aromatic nitrogens is 2. The van der Waals surface area contributed by atoms with Crippen molar-refractivity contribution in [3.63, 3.8) is 0 Å². The molecular weight excluding hydrogens is 333 g/mol. The Morgan fingerprint density at radius 3 is 2.87 bits per heavy atom. The molecule has 2 aromatic heterocycles. The highest BCUT2D eigenvalue weighted by Crippen LogP contribution is 2.32. The van der Waals surface area contributed by atoms with Crippen LogP contribution in [-0.4, -0.2) is 34.5 Å². The number of aliphatic hydroxyl groups is 1. The van der Waals surface area contributed by atoms with Gasteiger partial charge in [-0.2, -0.15) is 4.39 Å². The highest BCUT2D eigenvalue weighted by molar-refractivity contribution is 7.99. The van der Waals surface area contributed by atoms with E-state index in [-0.39, 0.29) is 6.61 Å². The molecule has 0 aliphatic carbocycles. The van der Waals surface area contributed by atoms with Crippen molar-refractivity contribution in [1.29, 1.82) is 0 Å². The highest BCUT2D eigenvalue weighted by Gasteiger charge is 2.11. The number of nitrogens with one attached hydrogen (secondary N) is 1. The van der Waals surface area contributed by atoms with E-state index < -0.39 is 5.95 Å². The van der Waals surface area contributed by atoms with Crippen molar-refractivity contribution in [1.82, 2.24) is 9.97 Å². The van der Waals surface area contributed by atoms with Gasteiger partial charge in [0.25, 0.3) is 0 Å². The van der Waals surface area contributed by atoms with Gasteiger partial charge < -0.3 is 10.4 Å². The van der Waals surface area contributed by atoms with E-state index in [9.17, 15) is 4.39 Å². The predicted molar refractivity (Wildman–Crippen MR) is 94.8 cm³/mol. The van der Waals surface area contributed by atoms with Gasteiger partial charge in [-0.1, -0.05) is 0 Å². The average Bonchev–Trinajstić information content (AvgIpc) is 2.98. The molecule has 2 heterocycles. The average molecular weight is 349 g/mol. The van der Waals surface area contributed by atoms with Gasteiger partial charge in [0.15, 0.2) is 0 Å². The minimum absolute atomic E-state index is 0.208. The number of pyridine rings is 1. The first-order valence-corrected chi connectivity index (χ1v) is 9.00.